The van der Waals surface area contributed by atoms with Crippen molar-refractivity contribution in [3.63, 3.8) is 0 Å². The maximum absolute atomic E-state index is 12.1. The highest BCUT2D eigenvalue weighted by Gasteiger charge is 2.69. The molecule has 4 fully saturated rings. The molecule has 6 unspecified atom stereocenters. The van der Waals surface area contributed by atoms with E-state index in [4.69, 9.17) is 4.74 Å². The van der Waals surface area contributed by atoms with E-state index in [1.165, 1.54) is 24.0 Å². The predicted molar refractivity (Wildman–Crippen MR) is 104 cm³/mol. The third-order valence-corrected chi connectivity index (χ3v) is 9.24. The van der Waals surface area contributed by atoms with Crippen LogP contribution >= 0.6 is 0 Å². The van der Waals surface area contributed by atoms with Gasteiger partial charge >= 0.3 is 5.97 Å². The van der Waals surface area contributed by atoms with Crippen molar-refractivity contribution in [2.75, 3.05) is 0 Å². The number of ether oxygens (including phenoxy) is 1. The number of carbonyl (C=O) groups is 2. The topological polar surface area (TPSA) is 43.4 Å². The smallest absolute Gasteiger partial charge is 0.306 e. The molecule has 3 nitrogen and oxygen atoms in total. The lowest BCUT2D eigenvalue weighted by Gasteiger charge is -2.57. The Labute approximate surface area is 162 Å². The van der Waals surface area contributed by atoms with E-state index in [-0.39, 0.29) is 22.8 Å². The number of esters is 1. The van der Waals surface area contributed by atoms with E-state index in [1.54, 1.807) is 0 Å². The minimum absolute atomic E-state index is 0.0156. The van der Waals surface area contributed by atoms with Gasteiger partial charge in [0.15, 0.2) is 5.78 Å². The molecule has 0 amide bonds. The van der Waals surface area contributed by atoms with Gasteiger partial charge in [0.1, 0.15) is 5.60 Å². The van der Waals surface area contributed by atoms with Gasteiger partial charge in [-0.05, 0) is 86.2 Å². The van der Waals surface area contributed by atoms with Gasteiger partial charge in [0.05, 0.1) is 0 Å². The van der Waals surface area contributed by atoms with Crippen molar-refractivity contribution >= 4 is 11.8 Å². The Kier molecular flexibility index (Phi) is 3.81. The summed E-state index contributed by atoms with van der Waals surface area (Å²) < 4.78 is 6.15. The molecule has 7 atom stereocenters. The highest BCUT2D eigenvalue weighted by atomic mass is 16.6. The molecule has 3 saturated carbocycles. The minimum atomic E-state index is -0.214. The van der Waals surface area contributed by atoms with E-state index in [1.807, 2.05) is 6.08 Å². The second-order valence-corrected chi connectivity index (χ2v) is 10.1. The second kappa shape index (κ2) is 5.81. The Balaban J connectivity index is 1.55. The van der Waals surface area contributed by atoms with Crippen LogP contribution in [0.25, 0.3) is 0 Å². The van der Waals surface area contributed by atoms with E-state index < -0.39 is 0 Å². The number of ketones is 1. The van der Waals surface area contributed by atoms with Crippen molar-refractivity contribution in [1.82, 2.24) is 0 Å². The SMILES string of the molecule is C=C1CC2C(CCC3(CC)C2[C@@H](C)CC32CCC(=O)O2)C2CCC(=O)C=C12. The van der Waals surface area contributed by atoms with Crippen LogP contribution in [0, 0.1) is 35.0 Å². The van der Waals surface area contributed by atoms with Crippen LogP contribution in [-0.2, 0) is 14.3 Å². The van der Waals surface area contributed by atoms with E-state index in [0.29, 0.717) is 42.4 Å². The van der Waals surface area contributed by atoms with Gasteiger partial charge in [-0.1, -0.05) is 26.0 Å². The monoisotopic (exact) mass is 368 g/mol. The Morgan fingerprint density at radius 3 is 2.70 bits per heavy atom. The normalized spacial score (nSPS) is 48.7. The van der Waals surface area contributed by atoms with Gasteiger partial charge < -0.3 is 4.74 Å². The molecule has 146 valence electrons. The summed E-state index contributed by atoms with van der Waals surface area (Å²) in [6.45, 7) is 9.13. The van der Waals surface area contributed by atoms with E-state index >= 15 is 0 Å². The summed E-state index contributed by atoms with van der Waals surface area (Å²) in [7, 11) is 0. The van der Waals surface area contributed by atoms with Crippen LogP contribution < -0.4 is 0 Å². The Morgan fingerprint density at radius 1 is 1.19 bits per heavy atom. The maximum atomic E-state index is 12.1. The number of carbonyl (C=O) groups excluding carboxylic acids is 2. The summed E-state index contributed by atoms with van der Waals surface area (Å²) in [6.07, 6.45) is 10.7. The van der Waals surface area contributed by atoms with Crippen molar-refractivity contribution in [2.45, 2.75) is 77.2 Å². The summed E-state index contributed by atoms with van der Waals surface area (Å²) >= 11 is 0. The van der Waals surface area contributed by atoms with Crippen molar-refractivity contribution in [2.24, 2.45) is 35.0 Å². The van der Waals surface area contributed by atoms with Crippen LogP contribution in [0.1, 0.15) is 71.6 Å². The fourth-order valence-corrected chi connectivity index (χ4v) is 8.48. The van der Waals surface area contributed by atoms with Crippen molar-refractivity contribution in [3.05, 3.63) is 23.8 Å². The van der Waals surface area contributed by atoms with Crippen LogP contribution in [0.2, 0.25) is 0 Å². The minimum Gasteiger partial charge on any atom is -0.458 e. The van der Waals surface area contributed by atoms with Gasteiger partial charge in [-0.25, -0.2) is 0 Å². The van der Waals surface area contributed by atoms with Gasteiger partial charge in [0.25, 0.3) is 0 Å². The molecular weight excluding hydrogens is 336 g/mol. The average molecular weight is 369 g/mol. The summed E-state index contributed by atoms with van der Waals surface area (Å²) in [6, 6.07) is 0. The Morgan fingerprint density at radius 2 is 2.00 bits per heavy atom. The molecule has 0 aromatic rings. The van der Waals surface area contributed by atoms with Gasteiger partial charge in [0.2, 0.25) is 0 Å². The fourth-order valence-electron chi connectivity index (χ4n) is 8.48. The molecule has 5 aliphatic rings. The molecule has 1 heterocycles. The third-order valence-electron chi connectivity index (χ3n) is 9.24. The fraction of sp³-hybridized carbons (Fsp3) is 0.750. The predicted octanol–water partition coefficient (Wildman–Crippen LogP) is 5.01. The summed E-state index contributed by atoms with van der Waals surface area (Å²) in [5.41, 5.74) is 2.40. The molecule has 0 radical (unpaired) electrons. The molecule has 5 rings (SSSR count). The Bertz CT molecular complexity index is 749. The van der Waals surface area contributed by atoms with Crippen LogP contribution in [0.4, 0.5) is 0 Å². The number of hydrogen-bond donors (Lipinski definition) is 0. The first-order valence-corrected chi connectivity index (χ1v) is 11.1. The summed E-state index contributed by atoms with van der Waals surface area (Å²) in [4.78, 5) is 24.1. The molecule has 1 spiro atoms. The largest absolute Gasteiger partial charge is 0.458 e. The van der Waals surface area contributed by atoms with E-state index in [0.717, 1.165) is 32.1 Å². The number of allylic oxidation sites excluding steroid dienone is 2. The van der Waals surface area contributed by atoms with Crippen LogP contribution in [-0.4, -0.2) is 17.4 Å². The van der Waals surface area contributed by atoms with Gasteiger partial charge in [0, 0.05) is 18.3 Å². The van der Waals surface area contributed by atoms with E-state index in [2.05, 4.69) is 20.4 Å². The van der Waals surface area contributed by atoms with Crippen LogP contribution in [0.3, 0.4) is 0 Å². The molecule has 3 heteroatoms. The molecule has 0 N–H and O–H groups in total. The molecule has 1 saturated heterocycles. The van der Waals surface area contributed by atoms with Gasteiger partial charge in [-0.2, -0.15) is 0 Å². The lowest BCUT2D eigenvalue weighted by Crippen LogP contribution is -2.54. The molecule has 0 bridgehead atoms. The molecule has 0 aromatic heterocycles. The number of hydrogen-bond acceptors (Lipinski definition) is 3. The zero-order valence-corrected chi connectivity index (χ0v) is 16.8. The van der Waals surface area contributed by atoms with Crippen LogP contribution in [0.5, 0.6) is 0 Å². The first kappa shape index (κ1) is 17.7. The third kappa shape index (κ3) is 2.20. The highest BCUT2D eigenvalue weighted by Crippen LogP contribution is 2.70. The van der Waals surface area contributed by atoms with Crippen molar-refractivity contribution in [1.29, 1.82) is 0 Å². The molecule has 0 aromatic carbocycles. The number of rotatable bonds is 1. The first-order chi connectivity index (χ1) is 12.9. The highest BCUT2D eigenvalue weighted by molar-refractivity contribution is 5.92. The number of fused-ring (bicyclic) bond motifs is 6. The molecule has 1 aliphatic heterocycles. The standard InChI is InChI=1S/C24H32O3/c1-4-23-9-7-18-17-6-5-16(25)12-19(17)14(2)11-20(18)22(23)15(3)13-24(23)10-8-21(26)27-24/h12,15,17-18,20,22H,2,4-11,13H2,1,3H3/t15-,17?,18?,20?,22?,23?,24?/m0/s1. The quantitative estimate of drug-likeness (QED) is 0.611. The Hall–Kier alpha value is -1.38. The zero-order chi connectivity index (χ0) is 19.0. The lowest BCUT2D eigenvalue weighted by atomic mass is 9.48. The lowest BCUT2D eigenvalue weighted by molar-refractivity contribution is -0.169. The molecule has 27 heavy (non-hydrogen) atoms. The van der Waals surface area contributed by atoms with Crippen molar-refractivity contribution < 1.29 is 14.3 Å². The van der Waals surface area contributed by atoms with Gasteiger partial charge in [-0.15, -0.1) is 0 Å². The summed E-state index contributed by atoms with van der Waals surface area (Å²) in [5.74, 6) is 3.34. The first-order valence-electron chi connectivity index (χ1n) is 11.1. The summed E-state index contributed by atoms with van der Waals surface area (Å²) in [5, 5.41) is 0. The zero-order valence-electron chi connectivity index (χ0n) is 16.8. The molecule has 4 aliphatic carbocycles. The molecular formula is C24H32O3. The average Bonchev–Trinajstić information content (AvgIpc) is 3.13. The van der Waals surface area contributed by atoms with E-state index in [9.17, 15) is 9.59 Å². The van der Waals surface area contributed by atoms with Gasteiger partial charge in [-0.3, -0.25) is 9.59 Å². The second-order valence-electron chi connectivity index (χ2n) is 10.1. The van der Waals surface area contributed by atoms with Crippen molar-refractivity contribution in [3.8, 4) is 0 Å². The maximum Gasteiger partial charge on any atom is 0.306 e. The van der Waals surface area contributed by atoms with Crippen LogP contribution in [0.15, 0.2) is 23.8 Å².